The lowest BCUT2D eigenvalue weighted by molar-refractivity contribution is 0.0660. The molecule has 0 radical (unpaired) electrons. The standard InChI is InChI=1S/C14H21N3O4/c1-16(2)10-5-7-17(8-6-10)14(20)15-9-11-3-4-12(21-11)13(18)19/h3-4,10H,5-9H2,1-2H3,(H,15,20)(H,18,19). The van der Waals surface area contributed by atoms with Gasteiger partial charge in [-0.1, -0.05) is 0 Å². The SMILES string of the molecule is CN(C)C1CCN(C(=O)NCc2ccc(C(=O)O)o2)CC1. The van der Waals surface area contributed by atoms with Crippen molar-refractivity contribution in [2.24, 2.45) is 0 Å². The van der Waals surface area contributed by atoms with Crippen LogP contribution in [-0.4, -0.2) is 60.1 Å². The van der Waals surface area contributed by atoms with E-state index in [1.165, 1.54) is 6.07 Å². The van der Waals surface area contributed by atoms with Crippen molar-refractivity contribution in [1.82, 2.24) is 15.1 Å². The number of carbonyl (C=O) groups excluding carboxylic acids is 1. The molecule has 7 nitrogen and oxygen atoms in total. The second kappa shape index (κ2) is 6.62. The topological polar surface area (TPSA) is 86.0 Å². The molecule has 2 rings (SSSR count). The second-order valence-corrected chi connectivity index (χ2v) is 5.41. The maximum atomic E-state index is 12.0. The van der Waals surface area contributed by atoms with Crippen LogP contribution in [0, 0.1) is 0 Å². The van der Waals surface area contributed by atoms with E-state index in [4.69, 9.17) is 9.52 Å². The fourth-order valence-electron chi connectivity index (χ4n) is 2.45. The van der Waals surface area contributed by atoms with Gasteiger partial charge in [-0.3, -0.25) is 0 Å². The molecule has 116 valence electrons. The smallest absolute Gasteiger partial charge is 0.371 e. The molecule has 21 heavy (non-hydrogen) atoms. The molecule has 0 unspecified atom stereocenters. The van der Waals surface area contributed by atoms with Crippen molar-refractivity contribution >= 4 is 12.0 Å². The van der Waals surface area contributed by atoms with E-state index in [-0.39, 0.29) is 18.3 Å². The van der Waals surface area contributed by atoms with Gasteiger partial charge in [-0.05, 0) is 39.1 Å². The Morgan fingerprint density at radius 2 is 2.05 bits per heavy atom. The van der Waals surface area contributed by atoms with Crippen LogP contribution in [0.15, 0.2) is 16.5 Å². The number of carbonyl (C=O) groups is 2. The molecule has 0 spiro atoms. The third kappa shape index (κ3) is 3.98. The summed E-state index contributed by atoms with van der Waals surface area (Å²) in [5, 5.41) is 11.5. The Bertz CT molecular complexity index is 504. The fourth-order valence-corrected chi connectivity index (χ4v) is 2.45. The predicted molar refractivity (Wildman–Crippen MR) is 76.2 cm³/mol. The molecule has 0 bridgehead atoms. The zero-order valence-corrected chi connectivity index (χ0v) is 12.3. The van der Waals surface area contributed by atoms with Crippen LogP contribution >= 0.6 is 0 Å². The summed E-state index contributed by atoms with van der Waals surface area (Å²) in [5.74, 6) is -0.798. The predicted octanol–water partition coefficient (Wildman–Crippen LogP) is 1.21. The van der Waals surface area contributed by atoms with Gasteiger partial charge in [0.2, 0.25) is 5.76 Å². The Labute approximate surface area is 123 Å². The Kier molecular flexibility index (Phi) is 4.85. The van der Waals surface area contributed by atoms with Crippen LogP contribution < -0.4 is 5.32 Å². The summed E-state index contributed by atoms with van der Waals surface area (Å²) < 4.78 is 5.09. The molecule has 1 fully saturated rings. The minimum Gasteiger partial charge on any atom is -0.475 e. The minimum atomic E-state index is -1.11. The molecule has 0 atom stereocenters. The summed E-state index contributed by atoms with van der Waals surface area (Å²) in [5.41, 5.74) is 0. The summed E-state index contributed by atoms with van der Waals surface area (Å²) >= 11 is 0. The van der Waals surface area contributed by atoms with Gasteiger partial charge in [-0.15, -0.1) is 0 Å². The molecule has 1 aliphatic heterocycles. The first kappa shape index (κ1) is 15.4. The number of urea groups is 1. The molecule has 2 amide bonds. The Balaban J connectivity index is 1.78. The zero-order valence-electron chi connectivity index (χ0n) is 12.3. The van der Waals surface area contributed by atoms with Crippen LogP contribution in [-0.2, 0) is 6.54 Å². The molecule has 1 aromatic rings. The maximum absolute atomic E-state index is 12.0. The van der Waals surface area contributed by atoms with Crippen LogP contribution in [0.5, 0.6) is 0 Å². The third-order valence-electron chi connectivity index (χ3n) is 3.77. The first-order valence-corrected chi connectivity index (χ1v) is 6.98. The number of hydrogen-bond acceptors (Lipinski definition) is 4. The maximum Gasteiger partial charge on any atom is 0.371 e. The Morgan fingerprint density at radius 3 is 2.57 bits per heavy atom. The second-order valence-electron chi connectivity index (χ2n) is 5.41. The van der Waals surface area contributed by atoms with Gasteiger partial charge in [0.15, 0.2) is 0 Å². The summed E-state index contributed by atoms with van der Waals surface area (Å²) in [6.45, 7) is 1.65. The highest BCUT2D eigenvalue weighted by molar-refractivity contribution is 5.84. The van der Waals surface area contributed by atoms with Crippen LogP contribution in [0.1, 0.15) is 29.2 Å². The highest BCUT2D eigenvalue weighted by Gasteiger charge is 2.23. The fraction of sp³-hybridized carbons (Fsp3) is 0.571. The number of nitrogens with one attached hydrogen (secondary N) is 1. The van der Waals surface area contributed by atoms with E-state index in [2.05, 4.69) is 24.3 Å². The van der Waals surface area contributed by atoms with E-state index in [1.54, 1.807) is 11.0 Å². The summed E-state index contributed by atoms with van der Waals surface area (Å²) in [7, 11) is 4.11. The summed E-state index contributed by atoms with van der Waals surface area (Å²) in [4.78, 5) is 26.7. The van der Waals surface area contributed by atoms with E-state index in [0.717, 1.165) is 25.9 Å². The van der Waals surface area contributed by atoms with Crippen LogP contribution in [0.25, 0.3) is 0 Å². The number of nitrogens with zero attached hydrogens (tertiary/aromatic N) is 2. The zero-order chi connectivity index (χ0) is 15.4. The molecule has 2 N–H and O–H groups in total. The normalized spacial score (nSPS) is 16.2. The van der Waals surface area contributed by atoms with E-state index < -0.39 is 5.97 Å². The number of carboxylic acids is 1. The Morgan fingerprint density at radius 1 is 1.38 bits per heavy atom. The molecule has 2 heterocycles. The van der Waals surface area contributed by atoms with E-state index >= 15 is 0 Å². The largest absolute Gasteiger partial charge is 0.475 e. The summed E-state index contributed by atoms with van der Waals surface area (Å²) in [6, 6.07) is 3.33. The van der Waals surface area contributed by atoms with Crippen molar-refractivity contribution in [3.8, 4) is 0 Å². The Hall–Kier alpha value is -2.02. The van der Waals surface area contributed by atoms with Crippen molar-refractivity contribution in [3.05, 3.63) is 23.7 Å². The number of aromatic carboxylic acids is 1. The number of likely N-dealkylation sites (tertiary alicyclic amines) is 1. The molecule has 0 saturated carbocycles. The highest BCUT2D eigenvalue weighted by Crippen LogP contribution is 2.14. The molecule has 0 aliphatic carbocycles. The van der Waals surface area contributed by atoms with Crippen molar-refractivity contribution in [2.75, 3.05) is 27.2 Å². The molecular weight excluding hydrogens is 274 g/mol. The number of amides is 2. The quantitative estimate of drug-likeness (QED) is 0.872. The number of hydrogen-bond donors (Lipinski definition) is 2. The van der Waals surface area contributed by atoms with E-state index in [9.17, 15) is 9.59 Å². The minimum absolute atomic E-state index is 0.119. The van der Waals surface area contributed by atoms with Gasteiger partial charge in [0, 0.05) is 19.1 Å². The lowest BCUT2D eigenvalue weighted by atomic mass is 10.0. The van der Waals surface area contributed by atoms with Crippen LogP contribution in [0.2, 0.25) is 0 Å². The monoisotopic (exact) mass is 295 g/mol. The third-order valence-corrected chi connectivity index (χ3v) is 3.77. The van der Waals surface area contributed by atoms with Crippen LogP contribution in [0.4, 0.5) is 4.79 Å². The number of furan rings is 1. The lowest BCUT2D eigenvalue weighted by Gasteiger charge is -2.35. The average molecular weight is 295 g/mol. The molecule has 0 aromatic carbocycles. The molecule has 1 aliphatic rings. The average Bonchev–Trinajstić information content (AvgIpc) is 2.94. The molecular formula is C14H21N3O4. The van der Waals surface area contributed by atoms with Gasteiger partial charge in [0.05, 0.1) is 6.54 Å². The van der Waals surface area contributed by atoms with Gasteiger partial charge < -0.3 is 24.6 Å². The molecule has 1 aromatic heterocycles. The first-order valence-electron chi connectivity index (χ1n) is 6.98. The lowest BCUT2D eigenvalue weighted by Crippen LogP contribution is -2.47. The molecule has 7 heteroatoms. The van der Waals surface area contributed by atoms with Crippen molar-refractivity contribution < 1.29 is 19.1 Å². The van der Waals surface area contributed by atoms with E-state index in [0.29, 0.717) is 11.8 Å². The van der Waals surface area contributed by atoms with Gasteiger partial charge >= 0.3 is 12.0 Å². The molecule has 1 saturated heterocycles. The summed E-state index contributed by atoms with van der Waals surface area (Å²) in [6.07, 6.45) is 1.93. The first-order chi connectivity index (χ1) is 9.97. The highest BCUT2D eigenvalue weighted by atomic mass is 16.4. The van der Waals surface area contributed by atoms with Gasteiger partial charge in [0.25, 0.3) is 0 Å². The van der Waals surface area contributed by atoms with E-state index in [1.807, 2.05) is 0 Å². The van der Waals surface area contributed by atoms with Gasteiger partial charge in [-0.2, -0.15) is 0 Å². The number of carboxylic acid groups (broad SMARTS) is 1. The van der Waals surface area contributed by atoms with Gasteiger partial charge in [0.1, 0.15) is 5.76 Å². The number of rotatable bonds is 4. The van der Waals surface area contributed by atoms with Crippen molar-refractivity contribution in [2.45, 2.75) is 25.4 Å². The van der Waals surface area contributed by atoms with Crippen molar-refractivity contribution in [1.29, 1.82) is 0 Å². The van der Waals surface area contributed by atoms with Crippen molar-refractivity contribution in [3.63, 3.8) is 0 Å². The van der Waals surface area contributed by atoms with Crippen LogP contribution in [0.3, 0.4) is 0 Å². The number of piperidine rings is 1. The van der Waals surface area contributed by atoms with Gasteiger partial charge in [-0.25, -0.2) is 9.59 Å².